The number of nitro benzene ring substituents is 1. The van der Waals surface area contributed by atoms with Gasteiger partial charge in [0.05, 0.1) is 15.5 Å². The Hall–Kier alpha value is -2.49. The summed E-state index contributed by atoms with van der Waals surface area (Å²) in [6.07, 6.45) is 2.17. The monoisotopic (exact) mass is 436 g/mol. The lowest BCUT2D eigenvalue weighted by molar-refractivity contribution is -0.384. The summed E-state index contributed by atoms with van der Waals surface area (Å²) in [6, 6.07) is 10.9. The van der Waals surface area contributed by atoms with Gasteiger partial charge in [0.15, 0.2) is 0 Å². The number of benzene rings is 2. The van der Waals surface area contributed by atoms with Crippen molar-refractivity contribution in [3.05, 3.63) is 63.2 Å². The van der Waals surface area contributed by atoms with E-state index in [4.69, 9.17) is 11.6 Å². The third kappa shape index (κ3) is 4.75. The molecule has 10 heteroatoms. The number of halogens is 1. The number of sulfonamides is 1. The van der Waals surface area contributed by atoms with Gasteiger partial charge in [0, 0.05) is 24.2 Å². The molecule has 1 heterocycles. The molecule has 1 N–H and O–H groups in total. The van der Waals surface area contributed by atoms with E-state index >= 15 is 0 Å². The van der Waals surface area contributed by atoms with Crippen LogP contribution in [0.1, 0.15) is 31.7 Å². The molecule has 0 amide bonds. The summed E-state index contributed by atoms with van der Waals surface area (Å²) in [5.74, 6) is 0. The van der Waals surface area contributed by atoms with E-state index in [1.165, 1.54) is 16.4 Å². The van der Waals surface area contributed by atoms with Crippen LogP contribution >= 0.6 is 11.6 Å². The van der Waals surface area contributed by atoms with Crippen molar-refractivity contribution in [1.29, 1.82) is 0 Å². The molecule has 0 aliphatic carbocycles. The van der Waals surface area contributed by atoms with Gasteiger partial charge in [-0.1, -0.05) is 30.7 Å². The van der Waals surface area contributed by atoms with Gasteiger partial charge in [0.25, 0.3) is 5.69 Å². The van der Waals surface area contributed by atoms with Gasteiger partial charge in [-0.2, -0.15) is 9.41 Å². The van der Waals surface area contributed by atoms with Crippen LogP contribution in [0.25, 0.3) is 0 Å². The molecule has 0 bridgehead atoms. The molecule has 2 aromatic rings. The van der Waals surface area contributed by atoms with E-state index in [0.717, 1.165) is 24.5 Å². The Morgan fingerprint density at radius 3 is 2.45 bits per heavy atom. The summed E-state index contributed by atoms with van der Waals surface area (Å²) in [5.41, 5.74) is 4.00. The number of nitro groups is 1. The van der Waals surface area contributed by atoms with Crippen molar-refractivity contribution in [2.45, 2.75) is 31.1 Å². The highest BCUT2D eigenvalue weighted by molar-refractivity contribution is 7.89. The highest BCUT2D eigenvalue weighted by atomic mass is 35.5. The second-order valence-corrected chi connectivity index (χ2v) is 8.95. The molecule has 29 heavy (non-hydrogen) atoms. The topological polar surface area (TPSA) is 105 Å². The maximum absolute atomic E-state index is 12.7. The molecular formula is C19H21ClN4O4S. The Balaban J connectivity index is 1.91. The van der Waals surface area contributed by atoms with E-state index in [1.54, 1.807) is 12.1 Å². The molecule has 1 fully saturated rings. The molecule has 3 rings (SSSR count). The molecule has 1 aliphatic rings. The third-order valence-electron chi connectivity index (χ3n) is 4.69. The smallest absolute Gasteiger partial charge is 0.271 e. The summed E-state index contributed by atoms with van der Waals surface area (Å²) in [6.45, 7) is 2.78. The Morgan fingerprint density at radius 1 is 1.21 bits per heavy atom. The van der Waals surface area contributed by atoms with E-state index in [0.29, 0.717) is 30.2 Å². The van der Waals surface area contributed by atoms with Gasteiger partial charge in [0.1, 0.15) is 5.69 Å². The van der Waals surface area contributed by atoms with Crippen LogP contribution in [0.15, 0.2) is 52.5 Å². The Morgan fingerprint density at radius 2 is 1.86 bits per heavy atom. The fraction of sp³-hybridized carbons (Fsp3) is 0.316. The van der Waals surface area contributed by atoms with E-state index in [9.17, 15) is 18.5 Å². The fourth-order valence-corrected chi connectivity index (χ4v) is 4.78. The summed E-state index contributed by atoms with van der Waals surface area (Å²) in [5, 5.41) is 16.4. The van der Waals surface area contributed by atoms with Crippen molar-refractivity contribution in [2.24, 2.45) is 5.10 Å². The third-order valence-corrected chi connectivity index (χ3v) is 6.84. The van der Waals surface area contributed by atoms with Gasteiger partial charge >= 0.3 is 0 Å². The van der Waals surface area contributed by atoms with E-state index < -0.39 is 14.9 Å². The van der Waals surface area contributed by atoms with Crippen LogP contribution in [0.4, 0.5) is 11.4 Å². The average Bonchev–Trinajstić information content (AvgIpc) is 3.25. The van der Waals surface area contributed by atoms with E-state index in [1.807, 2.05) is 19.1 Å². The molecule has 1 aliphatic heterocycles. The first-order valence-corrected chi connectivity index (χ1v) is 11.0. The van der Waals surface area contributed by atoms with Crippen LogP contribution in [0.3, 0.4) is 0 Å². The predicted octanol–water partition coefficient (Wildman–Crippen LogP) is 4.26. The number of nitrogens with one attached hydrogen (secondary N) is 1. The molecule has 0 unspecified atom stereocenters. The molecule has 1 saturated heterocycles. The minimum absolute atomic E-state index is 0.0888. The second-order valence-electron chi connectivity index (χ2n) is 6.58. The summed E-state index contributed by atoms with van der Waals surface area (Å²) >= 11 is 5.90. The van der Waals surface area contributed by atoms with Gasteiger partial charge in [0.2, 0.25) is 10.0 Å². The number of hydrogen-bond donors (Lipinski definition) is 1. The largest absolute Gasteiger partial charge is 0.295 e. The molecule has 0 spiro atoms. The SMILES string of the molecule is CCC(=NNc1ccc(S(=O)(=O)N2CCCC2)cc1[N+](=O)[O-])c1ccc(Cl)cc1. The summed E-state index contributed by atoms with van der Waals surface area (Å²) in [7, 11) is -3.74. The average molecular weight is 437 g/mol. The van der Waals surface area contributed by atoms with E-state index in [-0.39, 0.29) is 16.3 Å². The zero-order valence-electron chi connectivity index (χ0n) is 15.8. The zero-order chi connectivity index (χ0) is 21.0. The maximum atomic E-state index is 12.7. The van der Waals surface area contributed by atoms with Crippen molar-refractivity contribution in [2.75, 3.05) is 18.5 Å². The lowest BCUT2D eigenvalue weighted by Crippen LogP contribution is -2.27. The highest BCUT2D eigenvalue weighted by Crippen LogP contribution is 2.30. The number of hydrogen-bond acceptors (Lipinski definition) is 6. The van der Waals surface area contributed by atoms with Crippen molar-refractivity contribution in [1.82, 2.24) is 4.31 Å². The first kappa shape index (κ1) is 21.2. The molecule has 0 radical (unpaired) electrons. The Kier molecular flexibility index (Phi) is 6.51. The normalized spacial score (nSPS) is 15.4. The molecule has 2 aromatic carbocycles. The van der Waals surface area contributed by atoms with Crippen LogP contribution in [-0.4, -0.2) is 36.4 Å². The molecule has 8 nitrogen and oxygen atoms in total. The second kappa shape index (κ2) is 8.89. The molecule has 0 atom stereocenters. The van der Waals surface area contributed by atoms with Gasteiger partial charge in [-0.25, -0.2) is 8.42 Å². The van der Waals surface area contributed by atoms with Gasteiger partial charge in [-0.05, 0) is 49.1 Å². The maximum Gasteiger partial charge on any atom is 0.295 e. The Bertz CT molecular complexity index is 1030. The van der Waals surface area contributed by atoms with Crippen molar-refractivity contribution in [3.63, 3.8) is 0 Å². The van der Waals surface area contributed by atoms with Crippen LogP contribution < -0.4 is 5.43 Å². The van der Waals surface area contributed by atoms with Crippen LogP contribution in [0, 0.1) is 10.1 Å². The van der Waals surface area contributed by atoms with Gasteiger partial charge in [-0.3, -0.25) is 15.5 Å². The minimum atomic E-state index is -3.74. The van der Waals surface area contributed by atoms with Crippen LogP contribution in [0.5, 0.6) is 0 Å². The number of anilines is 1. The van der Waals surface area contributed by atoms with Crippen molar-refractivity contribution in [3.8, 4) is 0 Å². The number of rotatable bonds is 7. The van der Waals surface area contributed by atoms with E-state index in [2.05, 4.69) is 10.5 Å². The lowest BCUT2D eigenvalue weighted by atomic mass is 10.1. The van der Waals surface area contributed by atoms with Crippen LogP contribution in [0.2, 0.25) is 5.02 Å². The molecule has 0 saturated carbocycles. The molecule has 0 aromatic heterocycles. The molecular weight excluding hydrogens is 416 g/mol. The summed E-state index contributed by atoms with van der Waals surface area (Å²) < 4.78 is 26.7. The molecule has 154 valence electrons. The standard InChI is InChI=1S/C19H21ClN4O4S/c1-2-17(14-5-7-15(20)8-6-14)21-22-18-10-9-16(13-19(18)24(25)26)29(27,28)23-11-3-4-12-23/h5-10,13,22H,2-4,11-12H2,1H3. The van der Waals surface area contributed by atoms with Crippen molar-refractivity contribution < 1.29 is 13.3 Å². The first-order valence-electron chi connectivity index (χ1n) is 9.20. The number of nitrogens with zero attached hydrogens (tertiary/aromatic N) is 3. The van der Waals surface area contributed by atoms with Crippen LogP contribution in [-0.2, 0) is 10.0 Å². The minimum Gasteiger partial charge on any atom is -0.271 e. The van der Waals surface area contributed by atoms with Gasteiger partial charge < -0.3 is 0 Å². The fourth-order valence-electron chi connectivity index (χ4n) is 3.11. The quantitative estimate of drug-likeness (QED) is 0.396. The highest BCUT2D eigenvalue weighted by Gasteiger charge is 2.29. The Labute approximate surface area is 174 Å². The zero-order valence-corrected chi connectivity index (χ0v) is 17.4. The van der Waals surface area contributed by atoms with Gasteiger partial charge in [-0.15, -0.1) is 0 Å². The van der Waals surface area contributed by atoms with Crippen molar-refractivity contribution >= 4 is 38.7 Å². The summed E-state index contributed by atoms with van der Waals surface area (Å²) in [4.78, 5) is 10.8. The predicted molar refractivity (Wildman–Crippen MR) is 113 cm³/mol. The number of hydrazone groups is 1. The lowest BCUT2D eigenvalue weighted by Gasteiger charge is -2.15. The first-order chi connectivity index (χ1) is 13.8.